The molecule has 108 valence electrons. The normalized spacial score (nSPS) is 18.7. The van der Waals surface area contributed by atoms with E-state index >= 15 is 0 Å². The van der Waals surface area contributed by atoms with Crippen LogP contribution in [0.2, 0.25) is 0 Å². The van der Waals surface area contributed by atoms with E-state index in [1.807, 2.05) is 13.8 Å². The molecule has 0 amide bonds. The summed E-state index contributed by atoms with van der Waals surface area (Å²) in [5, 5.41) is 3.29. The summed E-state index contributed by atoms with van der Waals surface area (Å²) in [6.07, 6.45) is 2.19. The summed E-state index contributed by atoms with van der Waals surface area (Å²) in [6.45, 7) is 6.71. The second kappa shape index (κ2) is 7.43. The van der Waals surface area contributed by atoms with Gasteiger partial charge < -0.3 is 10.1 Å². The first-order valence-electron chi connectivity index (χ1n) is 6.68. The van der Waals surface area contributed by atoms with Gasteiger partial charge in [-0.05, 0) is 45.7 Å². The molecule has 0 atom stereocenters. The van der Waals surface area contributed by atoms with Crippen LogP contribution in [-0.4, -0.2) is 57.9 Å². The number of ether oxygens (including phenoxy) is 1. The number of piperidine rings is 1. The Morgan fingerprint density at radius 3 is 2.50 bits per heavy atom. The minimum absolute atomic E-state index is 0.0760. The molecular weight excluding hydrogens is 252 g/mol. The molecule has 0 unspecified atom stereocenters. The lowest BCUT2D eigenvalue weighted by atomic mass is 9.98. The predicted octanol–water partition coefficient (Wildman–Crippen LogP) is 0.673. The van der Waals surface area contributed by atoms with Crippen LogP contribution >= 0.6 is 0 Å². The quantitative estimate of drug-likeness (QED) is 0.744. The Bertz CT molecular complexity index is 324. The SMILES string of the molecule is CC(C)OCCS(=O)(=O)N(C)CC1CCNCC1. The number of sulfonamides is 1. The third-order valence-corrected chi connectivity index (χ3v) is 5.02. The third kappa shape index (κ3) is 5.65. The van der Waals surface area contributed by atoms with Gasteiger partial charge in [-0.15, -0.1) is 0 Å². The van der Waals surface area contributed by atoms with E-state index in [1.165, 1.54) is 4.31 Å². The molecule has 0 bridgehead atoms. The lowest BCUT2D eigenvalue weighted by Gasteiger charge is -2.27. The first kappa shape index (κ1) is 15.9. The van der Waals surface area contributed by atoms with Crippen molar-refractivity contribution in [2.45, 2.75) is 32.8 Å². The van der Waals surface area contributed by atoms with Crippen LogP contribution in [0.1, 0.15) is 26.7 Å². The molecule has 0 aromatic heterocycles. The van der Waals surface area contributed by atoms with E-state index in [1.54, 1.807) is 7.05 Å². The van der Waals surface area contributed by atoms with Crippen molar-refractivity contribution in [3.63, 3.8) is 0 Å². The van der Waals surface area contributed by atoms with E-state index in [2.05, 4.69) is 5.32 Å². The summed E-state index contributed by atoms with van der Waals surface area (Å²) in [5.74, 6) is 0.559. The van der Waals surface area contributed by atoms with Gasteiger partial charge in [0.2, 0.25) is 10.0 Å². The highest BCUT2D eigenvalue weighted by Gasteiger charge is 2.22. The van der Waals surface area contributed by atoms with Crippen LogP contribution in [-0.2, 0) is 14.8 Å². The lowest BCUT2D eigenvalue weighted by molar-refractivity contribution is 0.0907. The second-order valence-corrected chi connectivity index (χ2v) is 7.40. The zero-order valence-electron chi connectivity index (χ0n) is 11.7. The van der Waals surface area contributed by atoms with Gasteiger partial charge in [-0.25, -0.2) is 12.7 Å². The maximum atomic E-state index is 12.0. The molecule has 1 aliphatic rings. The topological polar surface area (TPSA) is 58.6 Å². The van der Waals surface area contributed by atoms with Gasteiger partial charge in [0, 0.05) is 13.6 Å². The summed E-state index contributed by atoms with van der Waals surface area (Å²) in [6, 6.07) is 0. The average molecular weight is 278 g/mol. The number of hydrogen-bond donors (Lipinski definition) is 1. The standard InChI is InChI=1S/C12H26N2O3S/c1-11(2)17-8-9-18(15,16)14(3)10-12-4-6-13-7-5-12/h11-13H,4-10H2,1-3H3. The number of nitrogens with one attached hydrogen (secondary N) is 1. The molecule has 1 rings (SSSR count). The van der Waals surface area contributed by atoms with E-state index in [0.29, 0.717) is 12.5 Å². The molecule has 1 aliphatic heterocycles. The smallest absolute Gasteiger partial charge is 0.216 e. The van der Waals surface area contributed by atoms with Crippen molar-refractivity contribution in [2.75, 3.05) is 39.0 Å². The summed E-state index contributed by atoms with van der Waals surface area (Å²) in [7, 11) is -1.49. The van der Waals surface area contributed by atoms with Crippen molar-refractivity contribution < 1.29 is 13.2 Å². The highest BCUT2D eigenvalue weighted by Crippen LogP contribution is 2.14. The van der Waals surface area contributed by atoms with E-state index in [0.717, 1.165) is 25.9 Å². The Hall–Kier alpha value is -0.170. The predicted molar refractivity (Wildman–Crippen MR) is 73.1 cm³/mol. The molecule has 0 radical (unpaired) electrons. The summed E-state index contributed by atoms with van der Waals surface area (Å²) in [5.41, 5.74) is 0. The molecule has 1 saturated heterocycles. The minimum Gasteiger partial charge on any atom is -0.378 e. The Kier molecular flexibility index (Phi) is 6.55. The van der Waals surface area contributed by atoms with Crippen LogP contribution in [0, 0.1) is 5.92 Å². The van der Waals surface area contributed by atoms with Crippen LogP contribution < -0.4 is 5.32 Å². The fourth-order valence-electron chi connectivity index (χ4n) is 2.09. The zero-order valence-corrected chi connectivity index (χ0v) is 12.5. The Balaban J connectivity index is 2.35. The molecule has 0 saturated carbocycles. The molecular formula is C12H26N2O3S. The van der Waals surface area contributed by atoms with Crippen molar-refractivity contribution in [3.05, 3.63) is 0 Å². The van der Waals surface area contributed by atoms with Crippen molar-refractivity contribution in [3.8, 4) is 0 Å². The van der Waals surface area contributed by atoms with E-state index < -0.39 is 10.0 Å². The van der Waals surface area contributed by atoms with Crippen LogP contribution in [0.15, 0.2) is 0 Å². The molecule has 1 fully saturated rings. The Morgan fingerprint density at radius 2 is 1.94 bits per heavy atom. The van der Waals surface area contributed by atoms with Crippen LogP contribution in [0.4, 0.5) is 0 Å². The molecule has 0 aromatic rings. The average Bonchev–Trinajstić information content (AvgIpc) is 2.29. The van der Waals surface area contributed by atoms with E-state index in [-0.39, 0.29) is 18.5 Å². The van der Waals surface area contributed by atoms with Crippen LogP contribution in [0.3, 0.4) is 0 Å². The molecule has 1 heterocycles. The largest absolute Gasteiger partial charge is 0.378 e. The number of hydrogen-bond acceptors (Lipinski definition) is 4. The minimum atomic E-state index is -3.17. The fourth-order valence-corrected chi connectivity index (χ4v) is 3.14. The monoisotopic (exact) mass is 278 g/mol. The van der Waals surface area contributed by atoms with Crippen LogP contribution in [0.25, 0.3) is 0 Å². The third-order valence-electron chi connectivity index (χ3n) is 3.24. The number of rotatable bonds is 7. The summed E-state index contributed by atoms with van der Waals surface area (Å²) < 4.78 is 30.8. The van der Waals surface area contributed by atoms with E-state index in [4.69, 9.17) is 4.74 Å². The van der Waals surface area contributed by atoms with Crippen molar-refractivity contribution >= 4 is 10.0 Å². The van der Waals surface area contributed by atoms with Crippen molar-refractivity contribution in [1.82, 2.24) is 9.62 Å². The Morgan fingerprint density at radius 1 is 1.33 bits per heavy atom. The Labute approximate surface area is 111 Å². The summed E-state index contributed by atoms with van der Waals surface area (Å²) in [4.78, 5) is 0. The van der Waals surface area contributed by atoms with Gasteiger partial charge in [0.15, 0.2) is 0 Å². The second-order valence-electron chi connectivity index (χ2n) is 5.21. The molecule has 0 spiro atoms. The molecule has 5 nitrogen and oxygen atoms in total. The maximum absolute atomic E-state index is 12.0. The maximum Gasteiger partial charge on any atom is 0.216 e. The van der Waals surface area contributed by atoms with Gasteiger partial charge in [-0.2, -0.15) is 0 Å². The first-order chi connectivity index (χ1) is 8.42. The van der Waals surface area contributed by atoms with E-state index in [9.17, 15) is 8.42 Å². The molecule has 6 heteroatoms. The fraction of sp³-hybridized carbons (Fsp3) is 1.00. The van der Waals surface area contributed by atoms with Gasteiger partial charge in [0.25, 0.3) is 0 Å². The molecule has 0 aromatic carbocycles. The molecule has 0 aliphatic carbocycles. The van der Waals surface area contributed by atoms with Crippen molar-refractivity contribution in [1.29, 1.82) is 0 Å². The highest BCUT2D eigenvalue weighted by molar-refractivity contribution is 7.89. The van der Waals surface area contributed by atoms with Gasteiger partial charge in [-0.1, -0.05) is 0 Å². The van der Waals surface area contributed by atoms with Gasteiger partial charge in [0.1, 0.15) is 0 Å². The lowest BCUT2D eigenvalue weighted by Crippen LogP contribution is -2.38. The van der Waals surface area contributed by atoms with Crippen LogP contribution in [0.5, 0.6) is 0 Å². The van der Waals surface area contributed by atoms with Gasteiger partial charge in [-0.3, -0.25) is 0 Å². The summed E-state index contributed by atoms with van der Waals surface area (Å²) >= 11 is 0. The zero-order chi connectivity index (χ0) is 13.6. The highest BCUT2D eigenvalue weighted by atomic mass is 32.2. The first-order valence-corrected chi connectivity index (χ1v) is 8.29. The molecule has 18 heavy (non-hydrogen) atoms. The number of nitrogens with zero attached hydrogens (tertiary/aromatic N) is 1. The van der Waals surface area contributed by atoms with Gasteiger partial charge >= 0.3 is 0 Å². The van der Waals surface area contributed by atoms with Gasteiger partial charge in [0.05, 0.1) is 18.5 Å². The van der Waals surface area contributed by atoms with Crippen molar-refractivity contribution in [2.24, 2.45) is 5.92 Å². The molecule has 1 N–H and O–H groups in total.